The smallest absolute Gasteiger partial charge is 0.267 e. The second-order valence-electron chi connectivity index (χ2n) is 6.69. The van der Waals surface area contributed by atoms with Gasteiger partial charge in [-0.15, -0.1) is 0 Å². The summed E-state index contributed by atoms with van der Waals surface area (Å²) in [5.74, 6) is -5.14. The first-order valence-corrected chi connectivity index (χ1v) is 9.38. The summed E-state index contributed by atoms with van der Waals surface area (Å²) >= 11 is 0. The Morgan fingerprint density at radius 1 is 1.21 bits per heavy atom. The van der Waals surface area contributed by atoms with Crippen molar-refractivity contribution in [1.29, 1.82) is 0 Å². The predicted octanol–water partition coefficient (Wildman–Crippen LogP) is 1.72. The number of nitrogens with zero attached hydrogens (tertiary/aromatic N) is 4. The fraction of sp³-hybridized carbons (Fsp3) is 0.348. The lowest BCUT2D eigenvalue weighted by Gasteiger charge is -2.37. The number of para-hydroxylation sites is 2. The topological polar surface area (TPSA) is 112 Å². The first-order chi connectivity index (χ1) is 22.3. The van der Waals surface area contributed by atoms with Crippen LogP contribution in [0.15, 0.2) is 36.4 Å². The molecule has 2 aliphatic heterocycles. The molecule has 1 saturated heterocycles. The van der Waals surface area contributed by atoms with E-state index >= 15 is 0 Å². The number of fused-ring (bicyclic) bond motifs is 2. The third-order valence-corrected chi connectivity index (χ3v) is 4.70. The molecule has 2 aromatic carbocycles. The molecular weight excluding hydrogens is 426 g/mol. The van der Waals surface area contributed by atoms with Crippen molar-refractivity contribution in [2.75, 3.05) is 57.3 Å². The third kappa shape index (κ3) is 3.88. The molecule has 0 saturated carbocycles. The summed E-state index contributed by atoms with van der Waals surface area (Å²) < 4.78 is 150. The Kier molecular flexibility index (Phi) is 2.46. The summed E-state index contributed by atoms with van der Waals surface area (Å²) in [7, 11) is -6.62. The summed E-state index contributed by atoms with van der Waals surface area (Å²) in [6.45, 7) is -10.5. The van der Waals surface area contributed by atoms with E-state index in [2.05, 4.69) is 9.97 Å². The number of hydrogen-bond donors (Lipinski definition) is 1. The van der Waals surface area contributed by atoms with E-state index in [9.17, 15) is 4.79 Å². The maximum Gasteiger partial charge on any atom is 0.267 e. The molecule has 10 nitrogen and oxygen atoms in total. The fourth-order valence-electron chi connectivity index (χ4n) is 3.11. The van der Waals surface area contributed by atoms with Crippen LogP contribution in [-0.2, 0) is 4.79 Å². The minimum absolute atomic E-state index is 0.00299. The molecule has 1 unspecified atom stereocenters. The molecule has 0 radical (unpaired) electrons. The Bertz CT molecular complexity index is 1790. The number of anilines is 2. The lowest BCUT2D eigenvalue weighted by Crippen LogP contribution is -2.54. The molecule has 2 aliphatic rings. The Morgan fingerprint density at radius 3 is 2.73 bits per heavy atom. The van der Waals surface area contributed by atoms with Gasteiger partial charge in [-0.3, -0.25) is 4.79 Å². The van der Waals surface area contributed by atoms with Crippen molar-refractivity contribution >= 4 is 28.6 Å². The Balaban J connectivity index is 1.61. The molecule has 33 heavy (non-hydrogen) atoms. The molecule has 2 N–H and O–H groups in total. The summed E-state index contributed by atoms with van der Waals surface area (Å²) in [6.07, 6.45) is -1.98. The normalized spacial score (nSPS) is 30.0. The number of carbonyl (C=O) groups excluding carboxylic acids is 1. The number of benzene rings is 2. The summed E-state index contributed by atoms with van der Waals surface area (Å²) in [4.78, 5) is 22.4. The van der Waals surface area contributed by atoms with Crippen LogP contribution in [0.4, 0.5) is 11.8 Å². The third-order valence-electron chi connectivity index (χ3n) is 4.70. The van der Waals surface area contributed by atoms with E-state index in [1.807, 2.05) is 0 Å². The highest BCUT2D eigenvalue weighted by atomic mass is 16.6. The van der Waals surface area contributed by atoms with Gasteiger partial charge in [0.05, 0.1) is 38.8 Å². The van der Waals surface area contributed by atoms with E-state index in [4.69, 9.17) is 41.0 Å². The van der Waals surface area contributed by atoms with Gasteiger partial charge in [-0.1, -0.05) is 12.1 Å². The average Bonchev–Trinajstić information content (AvgIpc) is 2.93. The molecule has 0 aliphatic carbocycles. The number of hydrogen-bond acceptors (Lipinski definition) is 9. The highest BCUT2D eigenvalue weighted by molar-refractivity contribution is 5.91. The molecule has 0 bridgehead atoms. The van der Waals surface area contributed by atoms with Crippen LogP contribution in [0.1, 0.15) is 19.2 Å². The Hall–Kier alpha value is -3.95. The van der Waals surface area contributed by atoms with Crippen LogP contribution in [0.3, 0.4) is 0 Å². The van der Waals surface area contributed by atoms with E-state index in [0.717, 1.165) is 0 Å². The van der Waals surface area contributed by atoms with E-state index < -0.39 is 105 Å². The average molecular weight is 468 g/mol. The van der Waals surface area contributed by atoms with E-state index in [1.54, 1.807) is 12.1 Å². The van der Waals surface area contributed by atoms with E-state index in [1.165, 1.54) is 12.1 Å². The number of ether oxygens (including phenoxy) is 4. The molecule has 1 aromatic heterocycles. The fourth-order valence-corrected chi connectivity index (χ4v) is 3.11. The first kappa shape index (κ1) is 9.50. The molecule has 3 heterocycles. The van der Waals surface area contributed by atoms with Crippen LogP contribution in [0.5, 0.6) is 23.0 Å². The van der Waals surface area contributed by atoms with E-state index in [-0.39, 0.29) is 17.2 Å². The zero-order chi connectivity index (χ0) is 36.6. The van der Waals surface area contributed by atoms with Crippen LogP contribution in [-0.4, -0.2) is 73.6 Å². The SMILES string of the molecule is [2H]c1c(OC([2H])([2H])[2H])c(OC([2H])([2H])[2H])c([2H])c2c(N([2H])[2H])nc(N3C([2H])([2H])CN(C(=O)C4Oc5ccccc5OC4([2H])[2H])CC3([2H])[2H])nc12. The quantitative estimate of drug-likeness (QED) is 0.599. The van der Waals surface area contributed by atoms with Gasteiger partial charge in [0.15, 0.2) is 25.8 Å². The minimum atomic E-state index is -3.32. The molecule has 10 heteroatoms. The molecule has 5 rings (SSSR count). The molecule has 172 valence electrons. The Labute approximate surface area is 213 Å². The number of methoxy groups -OCH3 is 2. The number of piperazine rings is 1. The molecule has 1 atom stereocenters. The van der Waals surface area contributed by atoms with Gasteiger partial charge in [0, 0.05) is 37.5 Å². The number of aromatic nitrogens is 2. The maximum absolute atomic E-state index is 13.6. The minimum Gasteiger partial charge on any atom is -0.493 e. The van der Waals surface area contributed by atoms with Crippen molar-refractivity contribution in [1.82, 2.24) is 14.9 Å². The second-order valence-corrected chi connectivity index (χ2v) is 6.69. The van der Waals surface area contributed by atoms with Crippen molar-refractivity contribution < 1.29 is 45.8 Å². The molecule has 0 spiro atoms. The number of amides is 1. The monoisotopic (exact) mass is 467 g/mol. The lowest BCUT2D eigenvalue weighted by molar-refractivity contribution is -0.141. The van der Waals surface area contributed by atoms with E-state index in [0.29, 0.717) is 9.80 Å². The highest BCUT2D eigenvalue weighted by Crippen LogP contribution is 2.34. The molecular formula is C23H25N5O5. The second kappa shape index (κ2) is 8.53. The molecule has 3 aromatic rings. The Morgan fingerprint density at radius 2 is 1.97 bits per heavy atom. The van der Waals surface area contributed by atoms with Gasteiger partial charge in [-0.05, 0) is 18.2 Å². The van der Waals surface area contributed by atoms with Gasteiger partial charge < -0.3 is 34.5 Å². The van der Waals surface area contributed by atoms with Gasteiger partial charge >= 0.3 is 0 Å². The van der Waals surface area contributed by atoms with Gasteiger partial charge in [-0.25, -0.2) is 4.98 Å². The van der Waals surface area contributed by atoms with Crippen LogP contribution < -0.4 is 29.6 Å². The number of nitrogen functional groups attached to an aromatic ring is 1. The molecule has 1 amide bonds. The van der Waals surface area contributed by atoms with Crippen molar-refractivity contribution in [3.05, 3.63) is 36.4 Å². The predicted molar refractivity (Wildman–Crippen MR) is 122 cm³/mol. The standard InChI is InChI=1S/C23H25N5O5/c1-30-18-11-14-15(12-19(18)31-2)25-23(26-21(14)24)28-9-7-27(8-10-28)22(29)20-13-32-16-5-3-4-6-17(16)33-20/h3-6,11-12,20H,7-10,13H2,1-2H3,(H2,24,25,26)/i1D3,2D3,9D2,10D2,11D,12D,13D2/hD2. The first-order valence-electron chi connectivity index (χ1n) is 17.3. The van der Waals surface area contributed by atoms with Crippen molar-refractivity contribution in [3.63, 3.8) is 0 Å². The van der Waals surface area contributed by atoms with Crippen LogP contribution in [0, 0.1) is 0 Å². The maximum atomic E-state index is 13.6. The highest BCUT2D eigenvalue weighted by Gasteiger charge is 2.33. The van der Waals surface area contributed by atoms with Gasteiger partial charge in [0.25, 0.3) is 5.91 Å². The van der Waals surface area contributed by atoms with Crippen LogP contribution in [0.25, 0.3) is 10.9 Å². The van der Waals surface area contributed by atoms with Gasteiger partial charge in [0.2, 0.25) is 12.1 Å². The zero-order valence-electron chi connectivity index (χ0n) is 32.6. The van der Waals surface area contributed by atoms with Crippen LogP contribution in [0.2, 0.25) is 2.82 Å². The van der Waals surface area contributed by atoms with Crippen LogP contribution >= 0.6 is 0 Å². The number of nitrogens with two attached hydrogens (primary N) is 1. The largest absolute Gasteiger partial charge is 0.493 e. The summed E-state index contributed by atoms with van der Waals surface area (Å²) in [5.41, 5.74) is -0.976. The zero-order valence-corrected chi connectivity index (χ0v) is 16.6. The number of rotatable bonds is 5. The summed E-state index contributed by atoms with van der Waals surface area (Å²) in [5, 5.41) is -0.692. The van der Waals surface area contributed by atoms with Crippen molar-refractivity contribution in [2.24, 2.45) is 0 Å². The lowest BCUT2D eigenvalue weighted by atomic mass is 10.2. The van der Waals surface area contributed by atoms with Crippen molar-refractivity contribution in [2.45, 2.75) is 6.10 Å². The number of carbonyl (C=O) groups is 1. The van der Waals surface area contributed by atoms with Crippen molar-refractivity contribution in [3.8, 4) is 23.0 Å². The summed E-state index contributed by atoms with van der Waals surface area (Å²) in [6, 6.07) is 3.84. The van der Waals surface area contributed by atoms with Gasteiger partial charge in [-0.2, -0.15) is 4.98 Å². The molecule has 1 fully saturated rings. The van der Waals surface area contributed by atoms with Gasteiger partial charge in [0.1, 0.15) is 12.4 Å².